The van der Waals surface area contributed by atoms with Crippen LogP contribution in [0, 0.1) is 23.7 Å². The summed E-state index contributed by atoms with van der Waals surface area (Å²) in [5.74, 6) is 1.52. The molecule has 2 heterocycles. The number of hydrogen-bond donors (Lipinski definition) is 1. The Morgan fingerprint density at radius 3 is 2.59 bits per heavy atom. The van der Waals surface area contributed by atoms with Gasteiger partial charge < -0.3 is 19.5 Å². The van der Waals surface area contributed by atoms with Crippen LogP contribution in [-0.2, 0) is 15.3 Å². The fourth-order valence-corrected chi connectivity index (χ4v) is 7.20. The van der Waals surface area contributed by atoms with Gasteiger partial charge in [-0.1, -0.05) is 31.4 Å². The van der Waals surface area contributed by atoms with Crippen LogP contribution in [0.4, 0.5) is 0 Å². The number of amides is 1. The van der Waals surface area contributed by atoms with Crippen molar-refractivity contribution < 1.29 is 19.4 Å². The van der Waals surface area contributed by atoms with Crippen molar-refractivity contribution in [2.24, 2.45) is 23.7 Å². The molecule has 5 fully saturated rings. The number of aliphatic hydroxyl groups is 1. The lowest BCUT2D eigenvalue weighted by atomic mass is 9.75. The van der Waals surface area contributed by atoms with E-state index in [4.69, 9.17) is 9.47 Å². The molecule has 0 radical (unpaired) electrons. The van der Waals surface area contributed by atoms with E-state index in [-0.39, 0.29) is 35.8 Å². The van der Waals surface area contributed by atoms with Crippen molar-refractivity contribution in [3.63, 3.8) is 0 Å². The standard InChI is InChI=1S/C22H27NO4/c1-26-14-9-7-12(8-10-14)22-18-16-11-15(19(24)20(16)27-22)17(18)21(25)23(22)13-5-3-2-4-6-13/h7-10,13,15-20,24H,2-6,11H2,1H3. The van der Waals surface area contributed by atoms with E-state index in [0.29, 0.717) is 5.92 Å². The summed E-state index contributed by atoms with van der Waals surface area (Å²) in [6.07, 6.45) is 6.07. The molecule has 5 nitrogen and oxygen atoms in total. The Morgan fingerprint density at radius 2 is 1.89 bits per heavy atom. The number of aliphatic hydroxyl groups excluding tert-OH is 1. The Kier molecular flexibility index (Phi) is 3.32. The van der Waals surface area contributed by atoms with Gasteiger partial charge in [-0.15, -0.1) is 0 Å². The zero-order chi connectivity index (χ0) is 18.3. The van der Waals surface area contributed by atoms with Gasteiger partial charge in [-0.2, -0.15) is 0 Å². The average Bonchev–Trinajstić information content (AvgIpc) is 3.38. The molecule has 2 bridgehead atoms. The zero-order valence-corrected chi connectivity index (χ0v) is 15.7. The molecular weight excluding hydrogens is 342 g/mol. The number of benzene rings is 1. The van der Waals surface area contributed by atoms with E-state index in [9.17, 15) is 9.90 Å². The molecule has 6 rings (SSSR count). The van der Waals surface area contributed by atoms with Crippen molar-refractivity contribution in [1.82, 2.24) is 4.90 Å². The predicted octanol–water partition coefficient (Wildman–Crippen LogP) is 2.66. The van der Waals surface area contributed by atoms with Gasteiger partial charge in [0.05, 0.1) is 25.2 Å². The molecule has 5 aliphatic rings. The molecule has 0 aromatic heterocycles. The molecule has 2 saturated heterocycles. The van der Waals surface area contributed by atoms with Crippen molar-refractivity contribution in [3.05, 3.63) is 29.8 Å². The van der Waals surface area contributed by atoms with Crippen LogP contribution in [-0.4, -0.2) is 41.3 Å². The maximum atomic E-state index is 13.7. The van der Waals surface area contributed by atoms with Crippen molar-refractivity contribution >= 4 is 5.91 Å². The van der Waals surface area contributed by atoms with Crippen LogP contribution < -0.4 is 4.74 Å². The van der Waals surface area contributed by atoms with E-state index >= 15 is 0 Å². The van der Waals surface area contributed by atoms with E-state index in [1.54, 1.807) is 7.11 Å². The molecule has 0 spiro atoms. The van der Waals surface area contributed by atoms with Crippen molar-refractivity contribution in [3.8, 4) is 5.75 Å². The Bertz CT molecular complexity index is 773. The molecular formula is C22H27NO4. The fraction of sp³-hybridized carbons (Fsp3) is 0.682. The minimum absolute atomic E-state index is 0.0752. The molecule has 1 N–H and O–H groups in total. The van der Waals surface area contributed by atoms with Crippen LogP contribution in [0.15, 0.2) is 24.3 Å². The third kappa shape index (κ3) is 1.85. The molecule has 144 valence electrons. The maximum absolute atomic E-state index is 13.7. The highest BCUT2D eigenvalue weighted by molar-refractivity contribution is 5.85. The zero-order valence-electron chi connectivity index (χ0n) is 15.7. The number of hydrogen-bond acceptors (Lipinski definition) is 4. The molecule has 2 aliphatic heterocycles. The molecule has 27 heavy (non-hydrogen) atoms. The number of fused-ring (bicyclic) bond motifs is 2. The molecule has 5 heteroatoms. The van der Waals surface area contributed by atoms with Crippen LogP contribution in [0.3, 0.4) is 0 Å². The Hall–Kier alpha value is -1.59. The first-order valence-electron chi connectivity index (χ1n) is 10.5. The average molecular weight is 369 g/mol. The van der Waals surface area contributed by atoms with Crippen LogP contribution in [0.5, 0.6) is 5.75 Å². The maximum Gasteiger partial charge on any atom is 0.229 e. The van der Waals surface area contributed by atoms with Crippen molar-refractivity contribution in [2.75, 3.05) is 7.11 Å². The number of carbonyl (C=O) groups excluding carboxylic acids is 1. The molecule has 1 amide bonds. The molecule has 7 atom stereocenters. The fourth-order valence-electron chi connectivity index (χ4n) is 7.20. The second-order valence-corrected chi connectivity index (χ2v) is 9.11. The normalized spacial score (nSPS) is 45.1. The van der Waals surface area contributed by atoms with Gasteiger partial charge in [0, 0.05) is 17.5 Å². The summed E-state index contributed by atoms with van der Waals surface area (Å²) >= 11 is 0. The monoisotopic (exact) mass is 369 g/mol. The van der Waals surface area contributed by atoms with Crippen LogP contribution in [0.1, 0.15) is 44.1 Å². The highest BCUT2D eigenvalue weighted by Gasteiger charge is 2.79. The number of methoxy groups -OCH3 is 1. The highest BCUT2D eigenvalue weighted by Crippen LogP contribution is 2.71. The summed E-state index contributed by atoms with van der Waals surface area (Å²) in [5.41, 5.74) is 0.356. The van der Waals surface area contributed by atoms with Gasteiger partial charge >= 0.3 is 0 Å². The minimum atomic E-state index is -0.697. The van der Waals surface area contributed by atoms with Gasteiger partial charge in [0.25, 0.3) is 0 Å². The summed E-state index contributed by atoms with van der Waals surface area (Å²) < 4.78 is 12.1. The third-order valence-electron chi connectivity index (χ3n) is 8.14. The Labute approximate surface area is 159 Å². The number of rotatable bonds is 3. The minimum Gasteiger partial charge on any atom is -0.497 e. The first-order chi connectivity index (χ1) is 13.2. The van der Waals surface area contributed by atoms with Crippen LogP contribution >= 0.6 is 0 Å². The molecule has 1 aromatic rings. The van der Waals surface area contributed by atoms with Crippen molar-refractivity contribution in [1.29, 1.82) is 0 Å². The Morgan fingerprint density at radius 1 is 1.15 bits per heavy atom. The molecule has 3 aliphatic carbocycles. The summed E-state index contributed by atoms with van der Waals surface area (Å²) in [4.78, 5) is 15.8. The van der Waals surface area contributed by atoms with Crippen LogP contribution in [0.25, 0.3) is 0 Å². The number of likely N-dealkylation sites (tertiary alicyclic amines) is 1. The van der Waals surface area contributed by atoms with E-state index < -0.39 is 11.8 Å². The lowest BCUT2D eigenvalue weighted by molar-refractivity contribution is -0.193. The van der Waals surface area contributed by atoms with Crippen LogP contribution in [0.2, 0.25) is 0 Å². The van der Waals surface area contributed by atoms with E-state index in [2.05, 4.69) is 17.0 Å². The van der Waals surface area contributed by atoms with Gasteiger partial charge in [0.2, 0.25) is 5.91 Å². The lowest BCUT2D eigenvalue weighted by Crippen LogP contribution is -2.53. The smallest absolute Gasteiger partial charge is 0.229 e. The van der Waals surface area contributed by atoms with E-state index in [1.807, 2.05) is 12.1 Å². The van der Waals surface area contributed by atoms with Crippen molar-refractivity contribution in [2.45, 2.75) is 62.5 Å². The number of nitrogens with zero attached hydrogens (tertiary/aromatic N) is 1. The first-order valence-corrected chi connectivity index (χ1v) is 10.5. The SMILES string of the molecule is COc1ccc(C23OC4C(O)C5CC4C2C5C(=O)N3C2CCCCC2)cc1. The van der Waals surface area contributed by atoms with Gasteiger partial charge in [-0.25, -0.2) is 0 Å². The predicted molar refractivity (Wildman–Crippen MR) is 97.8 cm³/mol. The van der Waals surface area contributed by atoms with E-state index in [0.717, 1.165) is 30.6 Å². The largest absolute Gasteiger partial charge is 0.497 e. The van der Waals surface area contributed by atoms with Gasteiger partial charge in [-0.05, 0) is 43.2 Å². The highest BCUT2D eigenvalue weighted by atomic mass is 16.6. The number of ether oxygens (including phenoxy) is 2. The topological polar surface area (TPSA) is 59.0 Å². The summed E-state index contributed by atoms with van der Waals surface area (Å²) in [6, 6.07) is 8.32. The van der Waals surface area contributed by atoms with E-state index in [1.165, 1.54) is 19.3 Å². The van der Waals surface area contributed by atoms with Gasteiger partial charge in [0.15, 0.2) is 5.72 Å². The number of carbonyl (C=O) groups is 1. The summed E-state index contributed by atoms with van der Waals surface area (Å²) in [6.45, 7) is 0. The lowest BCUT2D eigenvalue weighted by Gasteiger charge is -2.45. The molecule has 3 saturated carbocycles. The Balaban J connectivity index is 1.51. The second kappa shape index (κ2) is 5.48. The summed E-state index contributed by atoms with van der Waals surface area (Å²) in [7, 11) is 1.67. The second-order valence-electron chi connectivity index (χ2n) is 9.11. The quantitative estimate of drug-likeness (QED) is 0.890. The van der Waals surface area contributed by atoms with Gasteiger partial charge in [-0.3, -0.25) is 4.79 Å². The molecule has 1 aromatic carbocycles. The third-order valence-corrected chi connectivity index (χ3v) is 8.14. The molecule has 7 unspecified atom stereocenters. The summed E-state index contributed by atoms with van der Waals surface area (Å²) in [5, 5.41) is 10.8. The van der Waals surface area contributed by atoms with Gasteiger partial charge in [0.1, 0.15) is 5.75 Å². The first kappa shape index (κ1) is 16.4.